The van der Waals surface area contributed by atoms with Gasteiger partial charge in [0.15, 0.2) is 0 Å². The average Bonchev–Trinajstić information content (AvgIpc) is 3.29. The summed E-state index contributed by atoms with van der Waals surface area (Å²) in [6.45, 7) is 3.26. The predicted molar refractivity (Wildman–Crippen MR) is 96.2 cm³/mol. The van der Waals surface area contributed by atoms with E-state index in [0.717, 1.165) is 31.6 Å². The number of hydrogen-bond acceptors (Lipinski definition) is 3. The second-order valence-corrected chi connectivity index (χ2v) is 7.33. The van der Waals surface area contributed by atoms with E-state index in [2.05, 4.69) is 10.2 Å². The fraction of sp³-hybridized carbons (Fsp3) is 0.450. The molecule has 2 aliphatic rings. The maximum absolute atomic E-state index is 13.0. The molecular formula is C20H24FN3O2. The average molecular weight is 357 g/mol. The molecule has 0 bridgehead atoms. The van der Waals surface area contributed by atoms with E-state index >= 15 is 0 Å². The van der Waals surface area contributed by atoms with Gasteiger partial charge in [0, 0.05) is 45.3 Å². The monoisotopic (exact) mass is 357 g/mol. The highest BCUT2D eigenvalue weighted by molar-refractivity contribution is 5.92. The van der Waals surface area contributed by atoms with Gasteiger partial charge in [-0.15, -0.1) is 0 Å². The topological polar surface area (TPSA) is 46.5 Å². The Labute approximate surface area is 152 Å². The van der Waals surface area contributed by atoms with Gasteiger partial charge in [0.1, 0.15) is 11.5 Å². The number of likely N-dealkylation sites (tertiary alicyclic amines) is 1. The molecule has 2 aliphatic heterocycles. The maximum Gasteiger partial charge on any atom is 0.267 e. The number of fused-ring (bicyclic) bond motifs is 1. The highest BCUT2D eigenvalue weighted by Crippen LogP contribution is 2.33. The zero-order valence-electron chi connectivity index (χ0n) is 14.9. The maximum atomic E-state index is 13.0. The third kappa shape index (κ3) is 3.66. The van der Waals surface area contributed by atoms with Gasteiger partial charge in [0.2, 0.25) is 0 Å². The van der Waals surface area contributed by atoms with E-state index in [1.807, 2.05) is 42.1 Å². The third-order valence-corrected chi connectivity index (χ3v) is 5.38. The fourth-order valence-electron chi connectivity index (χ4n) is 4.05. The highest BCUT2D eigenvalue weighted by atomic mass is 19.1. The van der Waals surface area contributed by atoms with Gasteiger partial charge in [0.25, 0.3) is 5.91 Å². The summed E-state index contributed by atoms with van der Waals surface area (Å²) in [5, 5.41) is 2.98. The summed E-state index contributed by atoms with van der Waals surface area (Å²) in [5.41, 5.74) is 1.78. The van der Waals surface area contributed by atoms with Crippen molar-refractivity contribution < 1.29 is 13.9 Å². The number of halogens is 1. The summed E-state index contributed by atoms with van der Waals surface area (Å²) < 4.78 is 21.0. The van der Waals surface area contributed by atoms with Gasteiger partial charge in [-0.05, 0) is 36.2 Å². The van der Waals surface area contributed by atoms with Crippen LogP contribution in [0.5, 0.6) is 0 Å². The molecule has 0 spiro atoms. The molecule has 1 amide bonds. The van der Waals surface area contributed by atoms with Crippen LogP contribution in [-0.4, -0.2) is 47.2 Å². The van der Waals surface area contributed by atoms with E-state index in [1.165, 1.54) is 12.1 Å². The van der Waals surface area contributed by atoms with E-state index in [9.17, 15) is 9.18 Å². The second kappa shape index (κ2) is 7.21. The Bertz CT molecular complexity index is 760. The van der Waals surface area contributed by atoms with Crippen molar-refractivity contribution in [2.45, 2.75) is 25.2 Å². The van der Waals surface area contributed by atoms with Crippen molar-refractivity contribution >= 4 is 5.91 Å². The number of carbonyl (C=O) groups is 1. The van der Waals surface area contributed by atoms with Gasteiger partial charge in [-0.3, -0.25) is 9.69 Å². The predicted octanol–water partition coefficient (Wildman–Crippen LogP) is 2.18. The van der Waals surface area contributed by atoms with Gasteiger partial charge in [0.05, 0.1) is 12.2 Å². The van der Waals surface area contributed by atoms with Crippen molar-refractivity contribution in [1.29, 1.82) is 0 Å². The first-order chi connectivity index (χ1) is 12.6. The minimum Gasteiger partial charge on any atom is -0.371 e. The summed E-state index contributed by atoms with van der Waals surface area (Å²) in [7, 11) is 1.86. The molecule has 138 valence electrons. The Morgan fingerprint density at radius 2 is 2.08 bits per heavy atom. The minimum atomic E-state index is -0.199. The molecule has 5 nitrogen and oxygen atoms in total. The summed E-state index contributed by atoms with van der Waals surface area (Å²) in [6, 6.07) is 10.4. The Kier molecular flexibility index (Phi) is 4.78. The van der Waals surface area contributed by atoms with E-state index < -0.39 is 0 Å². The van der Waals surface area contributed by atoms with Crippen molar-refractivity contribution in [2.75, 3.05) is 19.6 Å². The molecule has 1 N–H and O–H groups in total. The van der Waals surface area contributed by atoms with Gasteiger partial charge < -0.3 is 14.6 Å². The first-order valence-electron chi connectivity index (χ1n) is 9.10. The van der Waals surface area contributed by atoms with Crippen LogP contribution < -0.4 is 5.32 Å². The molecule has 2 aromatic rings. The summed E-state index contributed by atoms with van der Waals surface area (Å²) in [5.74, 6) is 0.249. The zero-order chi connectivity index (χ0) is 18.1. The summed E-state index contributed by atoms with van der Waals surface area (Å²) in [6.07, 6.45) is 3.15. The number of nitrogens with zero attached hydrogens (tertiary/aromatic N) is 2. The van der Waals surface area contributed by atoms with Crippen LogP contribution in [0.3, 0.4) is 0 Å². The number of hydrogen-bond donors (Lipinski definition) is 1. The fourth-order valence-corrected chi connectivity index (χ4v) is 4.05. The van der Waals surface area contributed by atoms with Gasteiger partial charge in [-0.2, -0.15) is 0 Å². The lowest BCUT2D eigenvalue weighted by Gasteiger charge is -2.19. The molecule has 26 heavy (non-hydrogen) atoms. The zero-order valence-corrected chi connectivity index (χ0v) is 14.9. The molecule has 3 heterocycles. The first kappa shape index (κ1) is 17.2. The Morgan fingerprint density at radius 3 is 2.77 bits per heavy atom. The standard InChI is InChI=1S/C20H24FN3O2/c1-23-8-2-3-18(23)20(25)22-10-17-9-15-12-24(13-19(15)26-17)11-14-4-6-16(21)7-5-14/h2-8,15,17,19H,9-13H2,1H3,(H,22,25)/t15-,17-,19+/m0/s1. The van der Waals surface area contributed by atoms with Crippen LogP contribution in [0, 0.1) is 11.7 Å². The van der Waals surface area contributed by atoms with Crippen LogP contribution in [0.4, 0.5) is 4.39 Å². The largest absolute Gasteiger partial charge is 0.371 e. The molecule has 0 unspecified atom stereocenters. The van der Waals surface area contributed by atoms with Crippen LogP contribution in [0.2, 0.25) is 0 Å². The molecule has 1 aromatic carbocycles. The number of benzene rings is 1. The Balaban J connectivity index is 1.24. The van der Waals surface area contributed by atoms with Gasteiger partial charge in [-0.25, -0.2) is 4.39 Å². The third-order valence-electron chi connectivity index (χ3n) is 5.38. The van der Waals surface area contributed by atoms with Crippen molar-refractivity contribution in [2.24, 2.45) is 13.0 Å². The number of ether oxygens (including phenoxy) is 1. The summed E-state index contributed by atoms with van der Waals surface area (Å²) >= 11 is 0. The van der Waals surface area contributed by atoms with E-state index in [-0.39, 0.29) is 23.9 Å². The molecule has 2 saturated heterocycles. The number of aryl methyl sites for hydroxylation is 1. The summed E-state index contributed by atoms with van der Waals surface area (Å²) in [4.78, 5) is 14.5. The van der Waals surface area contributed by atoms with Crippen molar-refractivity contribution in [3.05, 3.63) is 59.7 Å². The molecule has 6 heteroatoms. The second-order valence-electron chi connectivity index (χ2n) is 7.33. The van der Waals surface area contributed by atoms with Crippen molar-refractivity contribution in [1.82, 2.24) is 14.8 Å². The van der Waals surface area contributed by atoms with Crippen LogP contribution >= 0.6 is 0 Å². The van der Waals surface area contributed by atoms with E-state index in [4.69, 9.17) is 4.74 Å². The lowest BCUT2D eigenvalue weighted by atomic mass is 10.0. The van der Waals surface area contributed by atoms with Gasteiger partial charge >= 0.3 is 0 Å². The quantitative estimate of drug-likeness (QED) is 0.892. The highest BCUT2D eigenvalue weighted by Gasteiger charge is 2.41. The normalized spacial score (nSPS) is 25.4. The number of rotatable bonds is 5. The molecule has 0 saturated carbocycles. The molecule has 4 rings (SSSR count). The van der Waals surface area contributed by atoms with Crippen LogP contribution in [0.15, 0.2) is 42.6 Å². The molecule has 1 aromatic heterocycles. The number of aromatic nitrogens is 1. The molecule has 0 aliphatic carbocycles. The van der Waals surface area contributed by atoms with Gasteiger partial charge in [-0.1, -0.05) is 12.1 Å². The SMILES string of the molecule is Cn1cccc1C(=O)NC[C@@H]1C[C@H]2CN(Cc3ccc(F)cc3)C[C@H]2O1. The number of nitrogens with one attached hydrogen (secondary N) is 1. The molecule has 0 radical (unpaired) electrons. The van der Waals surface area contributed by atoms with Crippen molar-refractivity contribution in [3.63, 3.8) is 0 Å². The smallest absolute Gasteiger partial charge is 0.267 e. The number of amides is 1. The number of carbonyl (C=O) groups excluding carboxylic acids is 1. The molecule has 2 fully saturated rings. The van der Waals surface area contributed by atoms with E-state index in [0.29, 0.717) is 18.2 Å². The minimum absolute atomic E-state index is 0.0592. The Morgan fingerprint density at radius 1 is 1.27 bits per heavy atom. The van der Waals surface area contributed by atoms with Crippen LogP contribution in [0.1, 0.15) is 22.5 Å². The Hall–Kier alpha value is -2.18. The first-order valence-corrected chi connectivity index (χ1v) is 9.10. The van der Waals surface area contributed by atoms with Crippen molar-refractivity contribution in [3.8, 4) is 0 Å². The lowest BCUT2D eigenvalue weighted by molar-refractivity contribution is 0.0371. The molecule has 3 atom stereocenters. The lowest BCUT2D eigenvalue weighted by Crippen LogP contribution is -2.34. The van der Waals surface area contributed by atoms with E-state index in [1.54, 1.807) is 0 Å². The van der Waals surface area contributed by atoms with Crippen LogP contribution in [-0.2, 0) is 18.3 Å². The van der Waals surface area contributed by atoms with Crippen LogP contribution in [0.25, 0.3) is 0 Å². The molecular weight excluding hydrogens is 333 g/mol.